The van der Waals surface area contributed by atoms with Crippen molar-refractivity contribution in [1.29, 1.82) is 0 Å². The zero-order valence-electron chi connectivity index (χ0n) is 12.5. The van der Waals surface area contributed by atoms with Gasteiger partial charge in [0.25, 0.3) is 0 Å². The fourth-order valence-electron chi connectivity index (χ4n) is 3.00. The standard InChI is InChI=1S/C17H13ClFN3O2/c18-10-3-4-15(19)13(6-10)12-7-16(23)21-17-14(12)8-20-22(17)9-11-2-1-5-24-11/h1-6,8,12H,7,9H2,(H,21,23). The Bertz CT molecular complexity index is 905. The quantitative estimate of drug-likeness (QED) is 0.785. The van der Waals surface area contributed by atoms with Gasteiger partial charge in [-0.05, 0) is 35.9 Å². The van der Waals surface area contributed by atoms with E-state index in [2.05, 4.69) is 10.4 Å². The first-order valence-corrected chi connectivity index (χ1v) is 7.82. The number of carbonyl (C=O) groups is 1. The van der Waals surface area contributed by atoms with Crippen LogP contribution in [0, 0.1) is 5.82 Å². The van der Waals surface area contributed by atoms with Gasteiger partial charge in [0, 0.05) is 22.9 Å². The lowest BCUT2D eigenvalue weighted by atomic mass is 9.87. The molecule has 1 aromatic carbocycles. The SMILES string of the molecule is O=C1CC(c2cc(Cl)ccc2F)c2cnn(Cc3ccco3)c2N1. The zero-order valence-corrected chi connectivity index (χ0v) is 13.3. The number of hydrogen-bond donors (Lipinski definition) is 1. The van der Waals surface area contributed by atoms with Crippen molar-refractivity contribution in [2.75, 3.05) is 5.32 Å². The van der Waals surface area contributed by atoms with Crippen LogP contribution in [-0.4, -0.2) is 15.7 Å². The third-order valence-corrected chi connectivity index (χ3v) is 4.34. The van der Waals surface area contributed by atoms with Crippen molar-refractivity contribution >= 4 is 23.3 Å². The molecule has 1 aliphatic rings. The number of hydrogen-bond acceptors (Lipinski definition) is 3. The minimum Gasteiger partial charge on any atom is -0.467 e. The Labute approximate surface area is 142 Å². The Hall–Kier alpha value is -2.60. The van der Waals surface area contributed by atoms with E-state index in [9.17, 15) is 9.18 Å². The second-order valence-electron chi connectivity index (χ2n) is 5.66. The molecule has 0 aliphatic carbocycles. The third-order valence-electron chi connectivity index (χ3n) is 4.11. The van der Waals surface area contributed by atoms with Gasteiger partial charge in [0.05, 0.1) is 12.5 Å². The van der Waals surface area contributed by atoms with Crippen molar-refractivity contribution < 1.29 is 13.6 Å². The topological polar surface area (TPSA) is 60.1 Å². The molecule has 0 saturated heterocycles. The van der Waals surface area contributed by atoms with Gasteiger partial charge in [0.1, 0.15) is 23.9 Å². The molecule has 0 saturated carbocycles. The first-order valence-electron chi connectivity index (χ1n) is 7.44. The molecule has 2 aromatic heterocycles. The first kappa shape index (κ1) is 15.0. The number of fused-ring (bicyclic) bond motifs is 1. The Balaban J connectivity index is 1.76. The number of rotatable bonds is 3. The van der Waals surface area contributed by atoms with Gasteiger partial charge in [-0.1, -0.05) is 11.6 Å². The maximum Gasteiger partial charge on any atom is 0.226 e. The van der Waals surface area contributed by atoms with Crippen molar-refractivity contribution in [2.24, 2.45) is 0 Å². The lowest BCUT2D eigenvalue weighted by Crippen LogP contribution is -2.25. The number of nitrogens with one attached hydrogen (secondary N) is 1. The van der Waals surface area contributed by atoms with Crippen LogP contribution in [0.5, 0.6) is 0 Å². The van der Waals surface area contributed by atoms with Crippen LogP contribution in [0.4, 0.5) is 10.2 Å². The van der Waals surface area contributed by atoms with Gasteiger partial charge < -0.3 is 9.73 Å². The number of halogens is 2. The molecule has 7 heteroatoms. The van der Waals surface area contributed by atoms with Crippen molar-refractivity contribution in [1.82, 2.24) is 9.78 Å². The zero-order chi connectivity index (χ0) is 16.7. The Morgan fingerprint density at radius 1 is 1.38 bits per heavy atom. The molecule has 0 fully saturated rings. The van der Waals surface area contributed by atoms with Crippen LogP contribution in [-0.2, 0) is 11.3 Å². The van der Waals surface area contributed by atoms with Crippen LogP contribution in [0.3, 0.4) is 0 Å². The van der Waals surface area contributed by atoms with Gasteiger partial charge in [-0.2, -0.15) is 5.10 Å². The van der Waals surface area contributed by atoms with E-state index in [4.69, 9.17) is 16.0 Å². The summed E-state index contributed by atoms with van der Waals surface area (Å²) in [5, 5.41) is 7.57. The second-order valence-corrected chi connectivity index (χ2v) is 6.09. The van der Waals surface area contributed by atoms with E-state index in [0.717, 1.165) is 5.56 Å². The summed E-state index contributed by atoms with van der Waals surface area (Å²) in [5.41, 5.74) is 1.17. The van der Waals surface area contributed by atoms with Gasteiger partial charge in [-0.3, -0.25) is 4.79 Å². The molecule has 122 valence electrons. The van der Waals surface area contributed by atoms with E-state index in [0.29, 0.717) is 28.7 Å². The second kappa shape index (κ2) is 5.79. The fourth-order valence-corrected chi connectivity index (χ4v) is 3.18. The molecule has 24 heavy (non-hydrogen) atoms. The first-order chi connectivity index (χ1) is 11.6. The Morgan fingerprint density at radius 3 is 3.04 bits per heavy atom. The molecule has 5 nitrogen and oxygen atoms in total. The van der Waals surface area contributed by atoms with Gasteiger partial charge in [0.2, 0.25) is 5.91 Å². The van der Waals surface area contributed by atoms with Crippen molar-refractivity contribution in [3.05, 3.63) is 70.5 Å². The summed E-state index contributed by atoms with van der Waals surface area (Å²) in [7, 11) is 0. The average molecular weight is 346 g/mol. The Kier molecular flexibility index (Phi) is 3.61. The van der Waals surface area contributed by atoms with Crippen LogP contribution in [0.15, 0.2) is 47.2 Å². The van der Waals surface area contributed by atoms with Crippen LogP contribution >= 0.6 is 11.6 Å². The summed E-state index contributed by atoms with van der Waals surface area (Å²) in [6, 6.07) is 7.98. The predicted octanol–water partition coefficient (Wildman–Crippen LogP) is 3.79. The molecule has 0 radical (unpaired) electrons. The van der Waals surface area contributed by atoms with Gasteiger partial charge in [0.15, 0.2) is 0 Å². The summed E-state index contributed by atoms with van der Waals surface area (Å²) in [4.78, 5) is 12.1. The van der Waals surface area contributed by atoms with Crippen molar-refractivity contribution in [3.8, 4) is 0 Å². The average Bonchev–Trinajstić information content (AvgIpc) is 3.20. The van der Waals surface area contributed by atoms with E-state index in [1.54, 1.807) is 29.3 Å². The molecule has 1 unspecified atom stereocenters. The number of aromatic nitrogens is 2. The molecule has 4 rings (SSSR count). The molecular weight excluding hydrogens is 333 g/mol. The Morgan fingerprint density at radius 2 is 2.25 bits per heavy atom. The number of carbonyl (C=O) groups excluding carboxylic acids is 1. The normalized spacial score (nSPS) is 16.8. The van der Waals surface area contributed by atoms with Gasteiger partial charge in [-0.25, -0.2) is 9.07 Å². The molecule has 1 amide bonds. The van der Waals surface area contributed by atoms with E-state index in [1.165, 1.54) is 12.1 Å². The van der Waals surface area contributed by atoms with Crippen LogP contribution in [0.1, 0.15) is 29.2 Å². The number of benzene rings is 1. The fraction of sp³-hybridized carbons (Fsp3) is 0.176. The maximum atomic E-state index is 14.3. The lowest BCUT2D eigenvalue weighted by molar-refractivity contribution is -0.116. The molecule has 1 N–H and O–H groups in total. The highest BCUT2D eigenvalue weighted by molar-refractivity contribution is 6.30. The molecular formula is C17H13ClFN3O2. The molecule has 1 atom stereocenters. The predicted molar refractivity (Wildman–Crippen MR) is 86.5 cm³/mol. The number of furan rings is 1. The molecule has 3 heterocycles. The van der Waals surface area contributed by atoms with Gasteiger partial charge in [-0.15, -0.1) is 0 Å². The number of anilines is 1. The summed E-state index contributed by atoms with van der Waals surface area (Å²) < 4.78 is 21.2. The number of amides is 1. The van der Waals surface area contributed by atoms with E-state index in [-0.39, 0.29) is 18.1 Å². The minimum atomic E-state index is -0.419. The summed E-state index contributed by atoms with van der Waals surface area (Å²) in [6.07, 6.45) is 3.38. The van der Waals surface area contributed by atoms with E-state index >= 15 is 0 Å². The van der Waals surface area contributed by atoms with Crippen LogP contribution in [0.25, 0.3) is 0 Å². The number of nitrogens with zero attached hydrogens (tertiary/aromatic N) is 2. The molecule has 1 aliphatic heterocycles. The van der Waals surface area contributed by atoms with E-state index in [1.807, 2.05) is 6.07 Å². The van der Waals surface area contributed by atoms with Crippen LogP contribution < -0.4 is 5.32 Å². The molecule has 0 spiro atoms. The summed E-state index contributed by atoms with van der Waals surface area (Å²) >= 11 is 6.00. The van der Waals surface area contributed by atoms with Gasteiger partial charge >= 0.3 is 0 Å². The highest BCUT2D eigenvalue weighted by Crippen LogP contribution is 2.39. The van der Waals surface area contributed by atoms with Crippen molar-refractivity contribution in [2.45, 2.75) is 18.9 Å². The molecule has 0 bridgehead atoms. The van der Waals surface area contributed by atoms with Crippen molar-refractivity contribution in [3.63, 3.8) is 0 Å². The maximum absolute atomic E-state index is 14.3. The van der Waals surface area contributed by atoms with Crippen LogP contribution in [0.2, 0.25) is 5.02 Å². The summed E-state index contributed by atoms with van der Waals surface area (Å²) in [6.45, 7) is 0.382. The largest absolute Gasteiger partial charge is 0.467 e. The smallest absolute Gasteiger partial charge is 0.226 e. The highest BCUT2D eigenvalue weighted by atomic mass is 35.5. The highest BCUT2D eigenvalue weighted by Gasteiger charge is 2.31. The monoisotopic (exact) mass is 345 g/mol. The minimum absolute atomic E-state index is 0.150. The van der Waals surface area contributed by atoms with E-state index < -0.39 is 5.92 Å². The summed E-state index contributed by atoms with van der Waals surface area (Å²) in [5.74, 6) is 0.285. The lowest BCUT2D eigenvalue weighted by Gasteiger charge is -2.24. The molecule has 3 aromatic rings. The third kappa shape index (κ3) is 2.59.